The standard InChI is InChI=1S/C27H30ClNO2.C2HF3O2/c28-25-13-7-14-26(21-25)31-20-8-17-29-18-15-24(16-19-29)27(30,22-9-3-1-4-10-22)23-11-5-2-6-12-23;3-2(4,5)1(6)7/h1-7,9-14,21,24,30H,8,15-20H2;(H,6,7). The van der Waals surface area contributed by atoms with Crippen LogP contribution in [0.2, 0.25) is 5.02 Å². The van der Waals surface area contributed by atoms with Crippen LogP contribution in [0.15, 0.2) is 84.9 Å². The first-order valence-corrected chi connectivity index (χ1v) is 12.7. The van der Waals surface area contributed by atoms with Crippen LogP contribution in [0.4, 0.5) is 13.2 Å². The van der Waals surface area contributed by atoms with E-state index in [4.69, 9.17) is 26.2 Å². The Morgan fingerprint density at radius 1 is 0.921 bits per heavy atom. The number of nitrogens with zero attached hydrogens (tertiary/aromatic N) is 1. The number of rotatable bonds is 8. The van der Waals surface area contributed by atoms with Crippen LogP contribution in [-0.4, -0.2) is 53.5 Å². The minimum atomic E-state index is -5.08. The third kappa shape index (κ3) is 8.21. The molecule has 204 valence electrons. The number of aliphatic hydroxyl groups is 1. The number of carboxylic acid groups (broad SMARTS) is 1. The number of hydrogen-bond donors (Lipinski definition) is 2. The van der Waals surface area contributed by atoms with Crippen LogP contribution in [0.25, 0.3) is 0 Å². The van der Waals surface area contributed by atoms with Gasteiger partial charge in [0.2, 0.25) is 0 Å². The largest absolute Gasteiger partial charge is 0.493 e. The average Bonchev–Trinajstić information content (AvgIpc) is 2.92. The van der Waals surface area contributed by atoms with Gasteiger partial charge >= 0.3 is 12.1 Å². The summed E-state index contributed by atoms with van der Waals surface area (Å²) >= 11 is 6.01. The van der Waals surface area contributed by atoms with Gasteiger partial charge in [-0.05, 0) is 67.6 Å². The molecule has 3 aromatic rings. The van der Waals surface area contributed by atoms with Crippen molar-refractivity contribution >= 4 is 17.6 Å². The maximum atomic E-state index is 12.0. The molecule has 0 aromatic heterocycles. The molecule has 1 aliphatic heterocycles. The van der Waals surface area contributed by atoms with Gasteiger partial charge in [0.15, 0.2) is 0 Å². The summed E-state index contributed by atoms with van der Waals surface area (Å²) in [4.78, 5) is 11.4. The Bertz CT molecular complexity index is 1100. The van der Waals surface area contributed by atoms with E-state index in [-0.39, 0.29) is 5.92 Å². The molecule has 0 bridgehead atoms. The summed E-state index contributed by atoms with van der Waals surface area (Å²) in [6.07, 6.45) is -2.18. The zero-order valence-electron chi connectivity index (χ0n) is 20.8. The summed E-state index contributed by atoms with van der Waals surface area (Å²) in [5.41, 5.74) is 1.01. The van der Waals surface area contributed by atoms with Crippen LogP contribution in [0.5, 0.6) is 5.75 Å². The number of carboxylic acids is 1. The second kappa shape index (κ2) is 13.6. The molecule has 0 atom stereocenters. The van der Waals surface area contributed by atoms with Crippen LogP contribution in [0.1, 0.15) is 30.4 Å². The molecular formula is C29H31ClF3NO4. The summed E-state index contributed by atoms with van der Waals surface area (Å²) in [7, 11) is 0. The zero-order chi connectivity index (χ0) is 27.6. The number of halogens is 4. The maximum Gasteiger partial charge on any atom is 0.490 e. The quantitative estimate of drug-likeness (QED) is 0.319. The number of piperidine rings is 1. The van der Waals surface area contributed by atoms with Crippen molar-refractivity contribution in [3.63, 3.8) is 0 Å². The number of alkyl halides is 3. The van der Waals surface area contributed by atoms with Crippen molar-refractivity contribution in [3.8, 4) is 5.75 Å². The molecule has 0 aliphatic carbocycles. The predicted octanol–water partition coefficient (Wildman–Crippen LogP) is 6.39. The lowest BCUT2D eigenvalue weighted by Crippen LogP contribution is -2.44. The van der Waals surface area contributed by atoms with Gasteiger partial charge in [-0.25, -0.2) is 4.79 Å². The Hall–Kier alpha value is -3.07. The SMILES string of the molecule is O=C(O)C(F)(F)F.OC(c1ccccc1)(c1ccccc1)C1CCN(CCCOc2cccc(Cl)c2)CC1. The molecule has 0 radical (unpaired) electrons. The minimum Gasteiger partial charge on any atom is -0.493 e. The van der Waals surface area contributed by atoms with Crippen molar-refractivity contribution in [2.45, 2.75) is 31.0 Å². The molecule has 4 rings (SSSR count). The highest BCUT2D eigenvalue weighted by atomic mass is 35.5. The summed E-state index contributed by atoms with van der Waals surface area (Å²) < 4.78 is 37.6. The van der Waals surface area contributed by atoms with Crippen molar-refractivity contribution in [3.05, 3.63) is 101 Å². The van der Waals surface area contributed by atoms with E-state index in [1.165, 1.54) is 0 Å². The molecule has 1 aliphatic rings. The number of benzene rings is 3. The fourth-order valence-corrected chi connectivity index (χ4v) is 4.81. The van der Waals surface area contributed by atoms with Gasteiger partial charge in [-0.1, -0.05) is 78.3 Å². The van der Waals surface area contributed by atoms with E-state index < -0.39 is 17.7 Å². The molecule has 38 heavy (non-hydrogen) atoms. The third-order valence-corrected chi connectivity index (χ3v) is 6.77. The average molecular weight is 550 g/mol. The number of ether oxygens (including phenoxy) is 1. The summed E-state index contributed by atoms with van der Waals surface area (Å²) in [5.74, 6) is -1.74. The van der Waals surface area contributed by atoms with Gasteiger partial charge in [0.05, 0.1) is 6.61 Å². The Morgan fingerprint density at radius 2 is 1.45 bits per heavy atom. The van der Waals surface area contributed by atoms with E-state index in [9.17, 15) is 18.3 Å². The first kappa shape index (κ1) is 29.5. The molecule has 1 heterocycles. The van der Waals surface area contributed by atoms with Gasteiger partial charge in [0.1, 0.15) is 11.4 Å². The Balaban J connectivity index is 0.000000505. The second-order valence-electron chi connectivity index (χ2n) is 9.08. The van der Waals surface area contributed by atoms with Crippen LogP contribution < -0.4 is 4.74 Å². The molecule has 1 fully saturated rings. The zero-order valence-corrected chi connectivity index (χ0v) is 21.5. The number of carbonyl (C=O) groups is 1. The van der Waals surface area contributed by atoms with E-state index in [0.29, 0.717) is 11.6 Å². The van der Waals surface area contributed by atoms with Gasteiger partial charge in [-0.2, -0.15) is 13.2 Å². The monoisotopic (exact) mass is 549 g/mol. The molecule has 0 unspecified atom stereocenters. The molecule has 0 saturated carbocycles. The number of aliphatic carboxylic acids is 1. The normalized spacial score (nSPS) is 14.9. The number of hydrogen-bond acceptors (Lipinski definition) is 4. The number of likely N-dealkylation sites (tertiary alicyclic amines) is 1. The smallest absolute Gasteiger partial charge is 0.490 e. The highest BCUT2D eigenvalue weighted by molar-refractivity contribution is 6.30. The second-order valence-corrected chi connectivity index (χ2v) is 9.51. The van der Waals surface area contributed by atoms with Crippen LogP contribution in [0, 0.1) is 5.92 Å². The van der Waals surface area contributed by atoms with E-state index in [1.54, 1.807) is 0 Å². The molecule has 2 N–H and O–H groups in total. The summed E-state index contributed by atoms with van der Waals surface area (Å²) in [6.45, 7) is 3.66. The molecule has 3 aromatic carbocycles. The van der Waals surface area contributed by atoms with E-state index in [1.807, 2.05) is 84.9 Å². The van der Waals surface area contributed by atoms with E-state index in [0.717, 1.165) is 55.8 Å². The molecular weight excluding hydrogens is 519 g/mol. The van der Waals surface area contributed by atoms with Gasteiger partial charge in [-0.3, -0.25) is 0 Å². The van der Waals surface area contributed by atoms with Gasteiger partial charge in [0.25, 0.3) is 0 Å². The summed E-state index contributed by atoms with van der Waals surface area (Å²) in [6, 6.07) is 27.8. The molecule has 0 amide bonds. The first-order chi connectivity index (χ1) is 18.1. The van der Waals surface area contributed by atoms with Gasteiger partial charge in [-0.15, -0.1) is 0 Å². The Morgan fingerprint density at radius 3 is 1.92 bits per heavy atom. The van der Waals surface area contributed by atoms with Crippen molar-refractivity contribution in [2.24, 2.45) is 5.92 Å². The first-order valence-electron chi connectivity index (χ1n) is 12.3. The molecule has 9 heteroatoms. The molecule has 1 saturated heterocycles. The van der Waals surface area contributed by atoms with Crippen LogP contribution in [-0.2, 0) is 10.4 Å². The van der Waals surface area contributed by atoms with Crippen molar-refractivity contribution in [1.29, 1.82) is 0 Å². The Kier molecular flexibility index (Phi) is 10.6. The minimum absolute atomic E-state index is 0.191. The third-order valence-electron chi connectivity index (χ3n) is 6.53. The fourth-order valence-electron chi connectivity index (χ4n) is 4.63. The highest BCUT2D eigenvalue weighted by Crippen LogP contribution is 2.41. The lowest BCUT2D eigenvalue weighted by atomic mass is 9.72. The summed E-state index contributed by atoms with van der Waals surface area (Å²) in [5, 5.41) is 19.8. The van der Waals surface area contributed by atoms with Crippen molar-refractivity contribution in [1.82, 2.24) is 4.90 Å². The highest BCUT2D eigenvalue weighted by Gasteiger charge is 2.41. The lowest BCUT2D eigenvalue weighted by molar-refractivity contribution is -0.192. The topological polar surface area (TPSA) is 70.0 Å². The van der Waals surface area contributed by atoms with E-state index in [2.05, 4.69) is 4.90 Å². The Labute approximate surface area is 225 Å². The van der Waals surface area contributed by atoms with Crippen molar-refractivity contribution in [2.75, 3.05) is 26.2 Å². The molecule has 0 spiro atoms. The van der Waals surface area contributed by atoms with Gasteiger partial charge < -0.3 is 19.8 Å². The fraction of sp³-hybridized carbons (Fsp3) is 0.345. The predicted molar refractivity (Wildman–Crippen MR) is 140 cm³/mol. The van der Waals surface area contributed by atoms with E-state index >= 15 is 0 Å². The van der Waals surface area contributed by atoms with Gasteiger partial charge in [0, 0.05) is 11.6 Å². The maximum absolute atomic E-state index is 12.0. The lowest BCUT2D eigenvalue weighted by Gasteiger charge is -2.42. The molecule has 5 nitrogen and oxygen atoms in total. The van der Waals surface area contributed by atoms with Crippen LogP contribution >= 0.6 is 11.6 Å². The van der Waals surface area contributed by atoms with Crippen LogP contribution in [0.3, 0.4) is 0 Å². The van der Waals surface area contributed by atoms with Crippen molar-refractivity contribution < 1.29 is 32.9 Å².